The minimum atomic E-state index is -3.39. The number of nitrogens with zero attached hydrogens (tertiary/aromatic N) is 3. The van der Waals surface area contributed by atoms with Gasteiger partial charge in [0.15, 0.2) is 0 Å². The van der Waals surface area contributed by atoms with Crippen molar-refractivity contribution in [3.63, 3.8) is 0 Å². The number of nitrogens with one attached hydrogen (secondary N) is 1. The fraction of sp³-hybridized carbons (Fsp3) is 0.471. The Labute approximate surface area is 168 Å². The Morgan fingerprint density at radius 2 is 1.93 bits per heavy atom. The number of morpholine rings is 1. The van der Waals surface area contributed by atoms with Crippen LogP contribution in [0.1, 0.15) is 12.3 Å². The SMILES string of the molecule is O=C(CCc1nc(-c2ccc(Cl)cc2)no1)NCCS(=O)(=O)N1CCOCC1. The van der Waals surface area contributed by atoms with E-state index in [2.05, 4.69) is 15.5 Å². The van der Waals surface area contributed by atoms with Gasteiger partial charge in [-0.2, -0.15) is 9.29 Å². The van der Waals surface area contributed by atoms with Gasteiger partial charge in [0, 0.05) is 43.1 Å². The van der Waals surface area contributed by atoms with Gasteiger partial charge in [-0.3, -0.25) is 4.79 Å². The molecule has 152 valence electrons. The summed E-state index contributed by atoms with van der Waals surface area (Å²) in [5.74, 6) is 0.341. The predicted molar refractivity (Wildman–Crippen MR) is 102 cm³/mol. The van der Waals surface area contributed by atoms with Crippen LogP contribution < -0.4 is 5.32 Å². The van der Waals surface area contributed by atoms with Gasteiger partial charge >= 0.3 is 0 Å². The second kappa shape index (κ2) is 9.46. The highest BCUT2D eigenvalue weighted by Gasteiger charge is 2.24. The molecular weight excluding hydrogens is 408 g/mol. The van der Waals surface area contributed by atoms with Crippen LogP contribution in [-0.4, -0.2) is 67.4 Å². The average molecular weight is 429 g/mol. The Morgan fingerprint density at radius 1 is 1.21 bits per heavy atom. The topological polar surface area (TPSA) is 115 Å². The van der Waals surface area contributed by atoms with E-state index < -0.39 is 10.0 Å². The number of amides is 1. The van der Waals surface area contributed by atoms with Gasteiger partial charge in [0.2, 0.25) is 27.6 Å². The van der Waals surface area contributed by atoms with Crippen molar-refractivity contribution in [2.24, 2.45) is 0 Å². The normalized spacial score (nSPS) is 15.5. The van der Waals surface area contributed by atoms with Gasteiger partial charge in [-0.05, 0) is 24.3 Å². The maximum Gasteiger partial charge on any atom is 0.227 e. The van der Waals surface area contributed by atoms with Crippen LogP contribution in [0.4, 0.5) is 0 Å². The lowest BCUT2D eigenvalue weighted by Crippen LogP contribution is -2.43. The third kappa shape index (κ3) is 5.74. The lowest BCUT2D eigenvalue weighted by molar-refractivity contribution is -0.121. The molecule has 2 aromatic rings. The molecule has 2 heterocycles. The zero-order valence-corrected chi connectivity index (χ0v) is 16.7. The number of sulfonamides is 1. The van der Waals surface area contributed by atoms with Crippen molar-refractivity contribution in [1.29, 1.82) is 0 Å². The van der Waals surface area contributed by atoms with Crippen LogP contribution in [0, 0.1) is 0 Å². The van der Waals surface area contributed by atoms with E-state index in [1.165, 1.54) is 4.31 Å². The summed E-state index contributed by atoms with van der Waals surface area (Å²) in [4.78, 5) is 16.2. The van der Waals surface area contributed by atoms with Crippen LogP contribution in [0.3, 0.4) is 0 Å². The number of aryl methyl sites for hydroxylation is 1. The maximum atomic E-state index is 12.2. The molecule has 28 heavy (non-hydrogen) atoms. The number of halogens is 1. The van der Waals surface area contributed by atoms with E-state index in [0.717, 1.165) is 5.56 Å². The molecule has 1 aliphatic rings. The summed E-state index contributed by atoms with van der Waals surface area (Å²) in [5, 5.41) is 7.11. The number of benzene rings is 1. The van der Waals surface area contributed by atoms with Gasteiger partial charge in [-0.15, -0.1) is 0 Å². The standard InChI is InChI=1S/C17H21ClN4O5S/c18-14-3-1-13(2-4-14)17-20-16(27-21-17)6-5-15(23)19-7-12-28(24,25)22-8-10-26-11-9-22/h1-4H,5-12H2,(H,19,23). The van der Waals surface area contributed by atoms with Gasteiger partial charge < -0.3 is 14.6 Å². The Kier molecular flexibility index (Phi) is 7.00. The van der Waals surface area contributed by atoms with Gasteiger partial charge in [0.05, 0.1) is 19.0 Å². The quantitative estimate of drug-likeness (QED) is 0.669. The summed E-state index contributed by atoms with van der Waals surface area (Å²) in [7, 11) is -3.39. The molecule has 3 rings (SSSR count). The van der Waals surface area contributed by atoms with Gasteiger partial charge in [-0.25, -0.2) is 8.42 Å². The van der Waals surface area contributed by atoms with Crippen LogP contribution in [0.2, 0.25) is 5.02 Å². The van der Waals surface area contributed by atoms with E-state index in [0.29, 0.717) is 43.0 Å². The molecule has 0 atom stereocenters. The number of aromatic nitrogens is 2. The molecule has 9 nitrogen and oxygen atoms in total. The smallest absolute Gasteiger partial charge is 0.227 e. The Hall–Kier alpha value is -2.01. The van der Waals surface area contributed by atoms with E-state index in [4.69, 9.17) is 20.9 Å². The molecule has 1 aromatic carbocycles. The Morgan fingerprint density at radius 3 is 2.64 bits per heavy atom. The van der Waals surface area contributed by atoms with Crippen molar-refractivity contribution < 1.29 is 22.5 Å². The van der Waals surface area contributed by atoms with Crippen molar-refractivity contribution >= 4 is 27.5 Å². The molecule has 1 aromatic heterocycles. The molecular formula is C17H21ClN4O5S. The number of hydrogen-bond acceptors (Lipinski definition) is 7. The summed E-state index contributed by atoms with van der Waals surface area (Å²) < 4.78 is 36.0. The van der Waals surface area contributed by atoms with Crippen LogP contribution in [0.5, 0.6) is 0 Å². The minimum Gasteiger partial charge on any atom is -0.379 e. The van der Waals surface area contributed by atoms with Crippen molar-refractivity contribution in [1.82, 2.24) is 19.8 Å². The Balaban J connectivity index is 1.41. The van der Waals surface area contributed by atoms with Gasteiger partial charge in [0.25, 0.3) is 0 Å². The summed E-state index contributed by atoms with van der Waals surface area (Å²) in [6, 6.07) is 7.01. The summed E-state index contributed by atoms with van der Waals surface area (Å²) in [5.41, 5.74) is 0.761. The fourth-order valence-electron chi connectivity index (χ4n) is 2.65. The van der Waals surface area contributed by atoms with Crippen molar-refractivity contribution in [3.8, 4) is 11.4 Å². The first-order chi connectivity index (χ1) is 13.4. The first-order valence-electron chi connectivity index (χ1n) is 8.85. The first kappa shape index (κ1) is 20.7. The number of ether oxygens (including phenoxy) is 1. The summed E-state index contributed by atoms with van der Waals surface area (Å²) in [6.07, 6.45) is 0.391. The van der Waals surface area contributed by atoms with Crippen LogP contribution in [0.25, 0.3) is 11.4 Å². The minimum absolute atomic E-state index is 0.0540. The molecule has 0 radical (unpaired) electrons. The third-order valence-corrected chi connectivity index (χ3v) is 6.31. The number of hydrogen-bond donors (Lipinski definition) is 1. The average Bonchev–Trinajstić information content (AvgIpc) is 3.16. The molecule has 1 N–H and O–H groups in total. The number of carbonyl (C=O) groups excluding carboxylic acids is 1. The molecule has 0 unspecified atom stereocenters. The number of rotatable bonds is 8. The molecule has 1 saturated heterocycles. The largest absolute Gasteiger partial charge is 0.379 e. The highest BCUT2D eigenvalue weighted by Crippen LogP contribution is 2.19. The highest BCUT2D eigenvalue weighted by molar-refractivity contribution is 7.89. The van der Waals surface area contributed by atoms with E-state index in [-0.39, 0.29) is 31.0 Å². The van der Waals surface area contributed by atoms with E-state index in [1.807, 2.05) is 0 Å². The maximum absolute atomic E-state index is 12.2. The lowest BCUT2D eigenvalue weighted by atomic mass is 10.2. The van der Waals surface area contributed by atoms with Crippen LogP contribution >= 0.6 is 11.6 Å². The van der Waals surface area contributed by atoms with Crippen molar-refractivity contribution in [2.45, 2.75) is 12.8 Å². The molecule has 0 spiro atoms. The molecule has 11 heteroatoms. The molecule has 1 aliphatic heterocycles. The molecule has 1 amide bonds. The van der Waals surface area contributed by atoms with Crippen molar-refractivity contribution in [3.05, 3.63) is 35.2 Å². The van der Waals surface area contributed by atoms with Crippen LogP contribution in [-0.2, 0) is 26.0 Å². The second-order valence-corrected chi connectivity index (χ2v) is 8.72. The zero-order chi connectivity index (χ0) is 20.0. The second-order valence-electron chi connectivity index (χ2n) is 6.20. The highest BCUT2D eigenvalue weighted by atomic mass is 35.5. The van der Waals surface area contributed by atoms with E-state index in [1.54, 1.807) is 24.3 Å². The van der Waals surface area contributed by atoms with Gasteiger partial charge in [-0.1, -0.05) is 16.8 Å². The molecule has 0 bridgehead atoms. The monoisotopic (exact) mass is 428 g/mol. The van der Waals surface area contributed by atoms with E-state index >= 15 is 0 Å². The van der Waals surface area contributed by atoms with Gasteiger partial charge in [0.1, 0.15) is 0 Å². The predicted octanol–water partition coefficient (Wildman–Crippen LogP) is 1.10. The lowest BCUT2D eigenvalue weighted by Gasteiger charge is -2.26. The third-order valence-electron chi connectivity index (χ3n) is 4.18. The molecule has 0 aliphatic carbocycles. The molecule has 1 fully saturated rings. The van der Waals surface area contributed by atoms with Crippen LogP contribution in [0.15, 0.2) is 28.8 Å². The molecule has 0 saturated carbocycles. The fourth-order valence-corrected chi connectivity index (χ4v) is 4.10. The van der Waals surface area contributed by atoms with Crippen molar-refractivity contribution in [2.75, 3.05) is 38.6 Å². The first-order valence-corrected chi connectivity index (χ1v) is 10.8. The summed E-state index contributed by atoms with van der Waals surface area (Å²) >= 11 is 5.85. The zero-order valence-electron chi connectivity index (χ0n) is 15.1. The Bertz CT molecular complexity index is 895. The van der Waals surface area contributed by atoms with E-state index in [9.17, 15) is 13.2 Å². The summed E-state index contributed by atoms with van der Waals surface area (Å²) in [6.45, 7) is 1.55. The number of carbonyl (C=O) groups is 1.